The molecule has 1 saturated heterocycles. The molecule has 5 rings (SSSR count). The highest BCUT2D eigenvalue weighted by Gasteiger charge is 2.30. The normalized spacial score (nSPS) is 20.8. The van der Waals surface area contributed by atoms with Crippen molar-refractivity contribution in [1.29, 1.82) is 0 Å². The van der Waals surface area contributed by atoms with Gasteiger partial charge in [-0.05, 0) is 73.9 Å². The van der Waals surface area contributed by atoms with E-state index in [1.165, 1.54) is 30.4 Å². The van der Waals surface area contributed by atoms with Crippen molar-refractivity contribution in [3.63, 3.8) is 0 Å². The Bertz CT molecular complexity index is 962. The molecule has 7 heteroatoms. The standard InChI is InChI=1S/C21H26N4O2S/c26-28(27,19-8-7-16-3-1-2-4-18(16)15-19)25-13-11-24(12-14-25)21-10-9-20(22-23-21)17-5-6-17/h7-10,15,17H,1-6,11-14H2. The fourth-order valence-electron chi connectivity index (χ4n) is 4.28. The monoisotopic (exact) mass is 398 g/mol. The zero-order valence-electron chi connectivity index (χ0n) is 16.0. The fourth-order valence-corrected chi connectivity index (χ4v) is 5.75. The maximum Gasteiger partial charge on any atom is 0.243 e. The minimum atomic E-state index is -3.44. The van der Waals surface area contributed by atoms with Crippen molar-refractivity contribution in [3.05, 3.63) is 47.2 Å². The Morgan fingerprint density at radius 3 is 2.29 bits per heavy atom. The highest BCUT2D eigenvalue weighted by Crippen LogP contribution is 2.38. The number of aromatic nitrogens is 2. The Balaban J connectivity index is 1.27. The number of hydrogen-bond acceptors (Lipinski definition) is 5. The number of fused-ring (bicyclic) bond motifs is 1. The molecular formula is C21H26N4O2S. The molecule has 6 nitrogen and oxygen atoms in total. The van der Waals surface area contributed by atoms with Crippen LogP contribution in [0.5, 0.6) is 0 Å². The topological polar surface area (TPSA) is 66.4 Å². The van der Waals surface area contributed by atoms with E-state index in [-0.39, 0.29) is 0 Å². The number of rotatable bonds is 4. The van der Waals surface area contributed by atoms with E-state index in [2.05, 4.69) is 21.2 Å². The van der Waals surface area contributed by atoms with Gasteiger partial charge in [0.15, 0.2) is 5.82 Å². The summed E-state index contributed by atoms with van der Waals surface area (Å²) in [4.78, 5) is 2.57. The molecular weight excluding hydrogens is 372 g/mol. The SMILES string of the molecule is O=S(=O)(c1ccc2c(c1)CCCC2)N1CCN(c2ccc(C3CC3)nn2)CC1. The summed E-state index contributed by atoms with van der Waals surface area (Å²) in [7, 11) is -3.44. The first-order valence-corrected chi connectivity index (χ1v) is 11.8. The van der Waals surface area contributed by atoms with E-state index < -0.39 is 10.0 Å². The van der Waals surface area contributed by atoms with Gasteiger partial charge in [-0.2, -0.15) is 9.40 Å². The second-order valence-electron chi connectivity index (χ2n) is 8.12. The Labute approximate surface area is 166 Å². The summed E-state index contributed by atoms with van der Waals surface area (Å²) in [5.41, 5.74) is 3.59. The van der Waals surface area contributed by atoms with Gasteiger partial charge in [-0.3, -0.25) is 0 Å². The van der Waals surface area contributed by atoms with Crippen LogP contribution in [0.3, 0.4) is 0 Å². The summed E-state index contributed by atoms with van der Waals surface area (Å²) < 4.78 is 27.9. The third kappa shape index (κ3) is 3.42. The molecule has 0 radical (unpaired) electrons. The van der Waals surface area contributed by atoms with Crippen LogP contribution >= 0.6 is 0 Å². The van der Waals surface area contributed by atoms with E-state index in [9.17, 15) is 8.42 Å². The number of hydrogen-bond donors (Lipinski definition) is 0. The lowest BCUT2D eigenvalue weighted by Crippen LogP contribution is -2.49. The molecule has 0 spiro atoms. The minimum Gasteiger partial charge on any atom is -0.352 e. The predicted molar refractivity (Wildman–Crippen MR) is 108 cm³/mol. The molecule has 28 heavy (non-hydrogen) atoms. The number of aryl methyl sites for hydroxylation is 2. The maximum atomic E-state index is 13.1. The predicted octanol–water partition coefficient (Wildman–Crippen LogP) is 2.74. The zero-order chi connectivity index (χ0) is 19.1. The van der Waals surface area contributed by atoms with Crippen molar-refractivity contribution in [2.75, 3.05) is 31.1 Å². The van der Waals surface area contributed by atoms with E-state index in [1.54, 1.807) is 10.4 Å². The molecule has 1 aliphatic heterocycles. The van der Waals surface area contributed by atoms with Gasteiger partial charge in [0, 0.05) is 32.1 Å². The van der Waals surface area contributed by atoms with Crippen molar-refractivity contribution < 1.29 is 8.42 Å². The van der Waals surface area contributed by atoms with Crippen LogP contribution in [0, 0.1) is 0 Å². The van der Waals surface area contributed by atoms with Crippen molar-refractivity contribution in [2.45, 2.75) is 49.3 Å². The van der Waals surface area contributed by atoms with Gasteiger partial charge in [0.25, 0.3) is 0 Å². The summed E-state index contributed by atoms with van der Waals surface area (Å²) in [5.74, 6) is 1.44. The Hall–Kier alpha value is -1.99. The second-order valence-corrected chi connectivity index (χ2v) is 10.1. The van der Waals surface area contributed by atoms with Gasteiger partial charge >= 0.3 is 0 Å². The molecule has 0 unspecified atom stereocenters. The summed E-state index contributed by atoms with van der Waals surface area (Å²) >= 11 is 0. The third-order valence-corrected chi connectivity index (χ3v) is 8.08. The smallest absolute Gasteiger partial charge is 0.243 e. The maximum absolute atomic E-state index is 13.1. The van der Waals surface area contributed by atoms with E-state index in [4.69, 9.17) is 0 Å². The Morgan fingerprint density at radius 2 is 1.61 bits per heavy atom. The molecule has 2 fully saturated rings. The number of sulfonamides is 1. The van der Waals surface area contributed by atoms with Crippen LogP contribution in [0.15, 0.2) is 35.2 Å². The van der Waals surface area contributed by atoms with Gasteiger partial charge in [-0.25, -0.2) is 8.42 Å². The number of piperazine rings is 1. The van der Waals surface area contributed by atoms with E-state index in [1.807, 2.05) is 18.2 Å². The quantitative estimate of drug-likeness (QED) is 0.792. The van der Waals surface area contributed by atoms with Gasteiger partial charge in [0.2, 0.25) is 10.0 Å². The Morgan fingerprint density at radius 1 is 0.857 bits per heavy atom. The summed E-state index contributed by atoms with van der Waals surface area (Å²) in [5, 5.41) is 8.71. The molecule has 1 aromatic carbocycles. The first-order valence-electron chi connectivity index (χ1n) is 10.3. The van der Waals surface area contributed by atoms with Gasteiger partial charge in [-0.15, -0.1) is 5.10 Å². The number of benzene rings is 1. The summed E-state index contributed by atoms with van der Waals surface area (Å²) in [6.45, 7) is 2.24. The largest absolute Gasteiger partial charge is 0.352 e. The van der Waals surface area contributed by atoms with E-state index in [0.717, 1.165) is 30.8 Å². The number of anilines is 1. The average molecular weight is 399 g/mol. The van der Waals surface area contributed by atoms with Crippen LogP contribution in [-0.2, 0) is 22.9 Å². The first kappa shape index (κ1) is 18.1. The zero-order valence-corrected chi connectivity index (χ0v) is 16.9. The molecule has 2 aliphatic carbocycles. The summed E-state index contributed by atoms with van der Waals surface area (Å²) in [6.07, 6.45) is 6.83. The molecule has 0 N–H and O–H groups in total. The first-order chi connectivity index (χ1) is 13.6. The lowest BCUT2D eigenvalue weighted by Gasteiger charge is -2.34. The highest BCUT2D eigenvalue weighted by molar-refractivity contribution is 7.89. The Kier molecular flexibility index (Phi) is 4.59. The van der Waals surface area contributed by atoms with Crippen LogP contribution in [0.25, 0.3) is 0 Å². The van der Waals surface area contributed by atoms with Crippen molar-refractivity contribution in [1.82, 2.24) is 14.5 Å². The molecule has 1 saturated carbocycles. The van der Waals surface area contributed by atoms with Crippen molar-refractivity contribution in [2.24, 2.45) is 0 Å². The van der Waals surface area contributed by atoms with Gasteiger partial charge in [0.1, 0.15) is 0 Å². The highest BCUT2D eigenvalue weighted by atomic mass is 32.2. The molecule has 148 valence electrons. The van der Waals surface area contributed by atoms with E-state index in [0.29, 0.717) is 37.0 Å². The van der Waals surface area contributed by atoms with Gasteiger partial charge in [0.05, 0.1) is 10.6 Å². The third-order valence-electron chi connectivity index (χ3n) is 6.19. The van der Waals surface area contributed by atoms with Gasteiger partial charge < -0.3 is 4.90 Å². The van der Waals surface area contributed by atoms with Crippen LogP contribution in [0.4, 0.5) is 5.82 Å². The molecule has 0 bridgehead atoms. The van der Waals surface area contributed by atoms with E-state index >= 15 is 0 Å². The lowest BCUT2D eigenvalue weighted by atomic mass is 9.92. The average Bonchev–Trinajstić information content (AvgIpc) is 3.59. The van der Waals surface area contributed by atoms with Crippen molar-refractivity contribution >= 4 is 15.8 Å². The van der Waals surface area contributed by atoms with Gasteiger partial charge in [-0.1, -0.05) is 6.07 Å². The molecule has 2 heterocycles. The molecule has 0 atom stereocenters. The minimum absolute atomic E-state index is 0.440. The fraction of sp³-hybridized carbons (Fsp3) is 0.524. The van der Waals surface area contributed by atoms with Crippen LogP contribution < -0.4 is 4.90 Å². The summed E-state index contributed by atoms with van der Waals surface area (Å²) in [6, 6.07) is 9.78. The molecule has 0 amide bonds. The molecule has 1 aromatic heterocycles. The van der Waals surface area contributed by atoms with Crippen LogP contribution in [0.1, 0.15) is 48.4 Å². The molecule has 3 aliphatic rings. The van der Waals surface area contributed by atoms with Crippen molar-refractivity contribution in [3.8, 4) is 0 Å². The lowest BCUT2D eigenvalue weighted by molar-refractivity contribution is 0.383. The second kappa shape index (κ2) is 7.12. The molecule has 2 aromatic rings. The van der Waals surface area contributed by atoms with Crippen LogP contribution in [-0.4, -0.2) is 49.1 Å². The van der Waals surface area contributed by atoms with Crippen LogP contribution in [0.2, 0.25) is 0 Å². The number of nitrogens with zero attached hydrogens (tertiary/aromatic N) is 4.